The first-order valence-corrected chi connectivity index (χ1v) is 6.07. The van der Waals surface area contributed by atoms with Crippen LogP contribution < -0.4 is 11.5 Å². The smallest absolute Gasteiger partial charge is 0.326 e. The van der Waals surface area contributed by atoms with E-state index in [1.54, 1.807) is 0 Å². The lowest BCUT2D eigenvalue weighted by atomic mass is 10.1. The van der Waals surface area contributed by atoms with Crippen molar-refractivity contribution in [2.75, 3.05) is 13.1 Å². The number of aliphatic carboxylic acids is 1. The van der Waals surface area contributed by atoms with Crippen molar-refractivity contribution in [3.63, 3.8) is 0 Å². The van der Waals surface area contributed by atoms with Gasteiger partial charge in [0, 0.05) is 6.54 Å². The van der Waals surface area contributed by atoms with Gasteiger partial charge in [0.15, 0.2) is 0 Å². The summed E-state index contributed by atoms with van der Waals surface area (Å²) in [6.07, 6.45) is 3.46. The van der Waals surface area contributed by atoms with Gasteiger partial charge in [-0.2, -0.15) is 0 Å². The largest absolute Gasteiger partial charge is 0.480 e. The third kappa shape index (κ3) is 3.67. The minimum atomic E-state index is -0.940. The summed E-state index contributed by atoms with van der Waals surface area (Å²) in [5.74, 6) is -1.18. The molecule has 1 aliphatic rings. The lowest BCUT2D eigenvalue weighted by molar-refractivity contribution is -0.148. The summed E-state index contributed by atoms with van der Waals surface area (Å²) < 4.78 is 0. The number of nitrogens with zero attached hydrogens (tertiary/aromatic N) is 1. The quantitative estimate of drug-likeness (QED) is 0.546. The number of hydrogen-bond donors (Lipinski definition) is 3. The second kappa shape index (κ2) is 6.56. The minimum absolute atomic E-state index is 0.244. The summed E-state index contributed by atoms with van der Waals surface area (Å²) >= 11 is 0. The fourth-order valence-electron chi connectivity index (χ4n) is 2.13. The van der Waals surface area contributed by atoms with Gasteiger partial charge in [0.2, 0.25) is 5.91 Å². The molecule has 0 aromatic rings. The van der Waals surface area contributed by atoms with E-state index in [0.717, 1.165) is 19.3 Å². The van der Waals surface area contributed by atoms with Gasteiger partial charge in [-0.1, -0.05) is 6.42 Å². The van der Waals surface area contributed by atoms with Gasteiger partial charge in [0.05, 0.1) is 6.04 Å². The van der Waals surface area contributed by atoms with Crippen LogP contribution in [0.1, 0.15) is 32.1 Å². The lowest BCUT2D eigenvalue weighted by Gasteiger charge is -2.24. The average Bonchev–Trinajstić information content (AvgIpc) is 2.77. The van der Waals surface area contributed by atoms with Crippen LogP contribution in [-0.2, 0) is 9.59 Å². The zero-order valence-corrected chi connectivity index (χ0v) is 9.97. The molecule has 1 saturated heterocycles. The van der Waals surface area contributed by atoms with E-state index >= 15 is 0 Å². The number of rotatable bonds is 6. The highest BCUT2D eigenvalue weighted by Crippen LogP contribution is 2.19. The number of carbonyl (C=O) groups excluding carboxylic acids is 1. The molecule has 0 aromatic carbocycles. The summed E-state index contributed by atoms with van der Waals surface area (Å²) in [4.78, 5) is 24.3. The van der Waals surface area contributed by atoms with E-state index in [2.05, 4.69) is 0 Å². The molecule has 0 saturated carbocycles. The molecule has 0 radical (unpaired) electrons. The number of likely N-dealkylation sites (tertiary alicyclic amines) is 1. The molecule has 1 amide bonds. The minimum Gasteiger partial charge on any atom is -0.480 e. The van der Waals surface area contributed by atoms with Crippen molar-refractivity contribution in [3.8, 4) is 0 Å². The van der Waals surface area contributed by atoms with E-state index in [0.29, 0.717) is 25.9 Å². The highest BCUT2D eigenvalue weighted by molar-refractivity contribution is 5.87. The number of carbonyl (C=O) groups is 2. The molecule has 1 rings (SSSR count). The molecule has 0 unspecified atom stereocenters. The molecule has 1 fully saturated rings. The maximum Gasteiger partial charge on any atom is 0.326 e. The third-order valence-electron chi connectivity index (χ3n) is 3.11. The van der Waals surface area contributed by atoms with Crippen LogP contribution in [0.3, 0.4) is 0 Å². The standard InChI is InChI=1S/C11H21N3O3/c12-6-2-1-4-8(13)10(15)14-7-3-5-9(14)11(16)17/h8-9H,1-7,12-13H2,(H,16,17)/t8-,9+/m0/s1. The Morgan fingerprint density at radius 3 is 2.71 bits per heavy atom. The summed E-state index contributed by atoms with van der Waals surface area (Å²) in [5, 5.41) is 8.98. The molecule has 0 spiro atoms. The van der Waals surface area contributed by atoms with E-state index < -0.39 is 18.1 Å². The number of carboxylic acids is 1. The highest BCUT2D eigenvalue weighted by Gasteiger charge is 2.35. The Morgan fingerprint density at radius 1 is 1.41 bits per heavy atom. The van der Waals surface area contributed by atoms with Crippen LogP contribution in [-0.4, -0.2) is 47.1 Å². The molecule has 0 aromatic heterocycles. The van der Waals surface area contributed by atoms with Crippen molar-refractivity contribution in [2.24, 2.45) is 11.5 Å². The topological polar surface area (TPSA) is 110 Å². The maximum atomic E-state index is 12.0. The van der Waals surface area contributed by atoms with Gasteiger partial charge in [-0.25, -0.2) is 4.79 Å². The number of amides is 1. The van der Waals surface area contributed by atoms with Crippen LogP contribution in [0.4, 0.5) is 0 Å². The first-order valence-electron chi connectivity index (χ1n) is 6.07. The van der Waals surface area contributed by atoms with Crippen LogP contribution >= 0.6 is 0 Å². The van der Waals surface area contributed by atoms with Crippen LogP contribution in [0.5, 0.6) is 0 Å². The van der Waals surface area contributed by atoms with Crippen molar-refractivity contribution < 1.29 is 14.7 Å². The van der Waals surface area contributed by atoms with Gasteiger partial charge < -0.3 is 21.5 Å². The molecule has 2 atom stereocenters. The predicted octanol–water partition coefficient (Wildman–Crippen LogP) is -0.482. The zero-order chi connectivity index (χ0) is 12.8. The van der Waals surface area contributed by atoms with E-state index in [4.69, 9.17) is 16.6 Å². The fourth-order valence-corrected chi connectivity index (χ4v) is 2.13. The summed E-state index contributed by atoms with van der Waals surface area (Å²) in [7, 11) is 0. The molecule has 6 nitrogen and oxygen atoms in total. The van der Waals surface area contributed by atoms with Crippen molar-refractivity contribution in [2.45, 2.75) is 44.2 Å². The van der Waals surface area contributed by atoms with Gasteiger partial charge in [-0.05, 0) is 32.2 Å². The Labute approximate surface area is 101 Å². The zero-order valence-electron chi connectivity index (χ0n) is 9.97. The van der Waals surface area contributed by atoms with Crippen molar-refractivity contribution in [1.29, 1.82) is 0 Å². The Balaban J connectivity index is 2.47. The lowest BCUT2D eigenvalue weighted by Crippen LogP contribution is -2.48. The van der Waals surface area contributed by atoms with Gasteiger partial charge >= 0.3 is 5.97 Å². The molecule has 0 bridgehead atoms. The third-order valence-corrected chi connectivity index (χ3v) is 3.11. The molecule has 1 aliphatic heterocycles. The normalized spacial score (nSPS) is 21.5. The van der Waals surface area contributed by atoms with Crippen LogP contribution in [0, 0.1) is 0 Å². The number of unbranched alkanes of at least 4 members (excludes halogenated alkanes) is 1. The van der Waals surface area contributed by atoms with Gasteiger partial charge in [0.1, 0.15) is 6.04 Å². The second-order valence-electron chi connectivity index (χ2n) is 4.42. The molecule has 17 heavy (non-hydrogen) atoms. The first kappa shape index (κ1) is 13.9. The van der Waals surface area contributed by atoms with E-state index in [-0.39, 0.29) is 5.91 Å². The number of hydrogen-bond acceptors (Lipinski definition) is 4. The van der Waals surface area contributed by atoms with Gasteiger partial charge in [-0.3, -0.25) is 4.79 Å². The van der Waals surface area contributed by atoms with E-state index in [1.165, 1.54) is 4.90 Å². The summed E-state index contributed by atoms with van der Waals surface area (Å²) in [5.41, 5.74) is 11.1. The van der Waals surface area contributed by atoms with Crippen LogP contribution in [0.15, 0.2) is 0 Å². The highest BCUT2D eigenvalue weighted by atomic mass is 16.4. The van der Waals surface area contributed by atoms with Gasteiger partial charge in [-0.15, -0.1) is 0 Å². The molecular weight excluding hydrogens is 222 g/mol. The first-order chi connectivity index (χ1) is 8.07. The Morgan fingerprint density at radius 2 is 2.12 bits per heavy atom. The maximum absolute atomic E-state index is 12.0. The fraction of sp³-hybridized carbons (Fsp3) is 0.818. The average molecular weight is 243 g/mol. The number of carboxylic acid groups (broad SMARTS) is 1. The summed E-state index contributed by atoms with van der Waals surface area (Å²) in [6.45, 7) is 1.09. The van der Waals surface area contributed by atoms with Crippen LogP contribution in [0.2, 0.25) is 0 Å². The van der Waals surface area contributed by atoms with E-state index in [9.17, 15) is 9.59 Å². The van der Waals surface area contributed by atoms with Crippen molar-refractivity contribution in [3.05, 3.63) is 0 Å². The van der Waals surface area contributed by atoms with Gasteiger partial charge in [0.25, 0.3) is 0 Å². The molecule has 98 valence electrons. The molecule has 6 heteroatoms. The van der Waals surface area contributed by atoms with Crippen molar-refractivity contribution in [1.82, 2.24) is 4.90 Å². The Hall–Kier alpha value is -1.14. The predicted molar refractivity (Wildman–Crippen MR) is 63.3 cm³/mol. The van der Waals surface area contributed by atoms with Crippen molar-refractivity contribution >= 4 is 11.9 Å². The molecule has 1 heterocycles. The molecular formula is C11H21N3O3. The SMILES string of the molecule is NCCCC[C@H](N)C(=O)N1CCC[C@@H]1C(=O)O. The number of nitrogens with two attached hydrogens (primary N) is 2. The second-order valence-corrected chi connectivity index (χ2v) is 4.42. The Bertz CT molecular complexity index is 283. The Kier molecular flexibility index (Phi) is 5.37. The molecule has 5 N–H and O–H groups in total. The summed E-state index contributed by atoms with van der Waals surface area (Å²) in [6, 6.07) is -1.29. The molecule has 0 aliphatic carbocycles. The monoisotopic (exact) mass is 243 g/mol. The van der Waals surface area contributed by atoms with E-state index in [1.807, 2.05) is 0 Å². The van der Waals surface area contributed by atoms with Crippen LogP contribution in [0.25, 0.3) is 0 Å².